The highest BCUT2D eigenvalue weighted by Gasteiger charge is 2.68. The van der Waals surface area contributed by atoms with Crippen molar-refractivity contribution in [2.24, 2.45) is 17.3 Å². The van der Waals surface area contributed by atoms with Gasteiger partial charge in [-0.2, -0.15) is 0 Å². The third kappa shape index (κ3) is 1.60. The molecule has 3 aliphatic carbocycles. The van der Waals surface area contributed by atoms with E-state index in [1.54, 1.807) is 0 Å². The van der Waals surface area contributed by atoms with Crippen molar-refractivity contribution in [3.63, 3.8) is 0 Å². The van der Waals surface area contributed by atoms with Crippen LogP contribution in [0.25, 0.3) is 0 Å². The van der Waals surface area contributed by atoms with E-state index in [4.69, 9.17) is 21.1 Å². The van der Waals surface area contributed by atoms with Crippen molar-refractivity contribution < 1.29 is 9.31 Å². The Balaban J connectivity index is 1.55. The van der Waals surface area contributed by atoms with Crippen LogP contribution >= 0.6 is 11.8 Å². The van der Waals surface area contributed by atoms with Gasteiger partial charge in [-0.15, -0.1) is 0 Å². The summed E-state index contributed by atoms with van der Waals surface area (Å²) in [7, 11) is -0.136. The molecule has 3 saturated carbocycles. The monoisotopic (exact) mass is 297 g/mol. The lowest BCUT2D eigenvalue weighted by molar-refractivity contribution is -0.199. The molecule has 20 heavy (non-hydrogen) atoms. The van der Waals surface area contributed by atoms with Crippen molar-refractivity contribution in [3.05, 3.63) is 0 Å². The summed E-state index contributed by atoms with van der Waals surface area (Å²) in [5, 5.41) is 0. The first-order valence-corrected chi connectivity index (χ1v) is 8.45. The molecular weight excluding hydrogens is 272 g/mol. The Morgan fingerprint density at radius 3 is 2.55 bits per heavy atom. The van der Waals surface area contributed by atoms with Crippen LogP contribution in [0.5, 0.6) is 0 Å². The van der Waals surface area contributed by atoms with Gasteiger partial charge >= 0.3 is 7.12 Å². The van der Waals surface area contributed by atoms with E-state index in [0.717, 1.165) is 25.2 Å². The van der Waals surface area contributed by atoms with Crippen LogP contribution in [-0.2, 0) is 9.31 Å². The predicted molar refractivity (Wildman–Crippen MR) is 80.3 cm³/mol. The molecule has 5 rings (SSSR count). The Morgan fingerprint density at radius 2 is 1.95 bits per heavy atom. The fourth-order valence-corrected chi connectivity index (χ4v) is 5.59. The molecule has 0 aromatic carbocycles. The molecule has 0 aromatic rings. The summed E-state index contributed by atoms with van der Waals surface area (Å²) < 4.78 is 14.7. The zero-order valence-corrected chi connectivity index (χ0v) is 13.7. The normalized spacial score (nSPS) is 53.9. The van der Waals surface area contributed by atoms with Gasteiger partial charge in [0.25, 0.3) is 0 Å². The van der Waals surface area contributed by atoms with E-state index >= 15 is 0 Å². The maximum atomic E-state index is 6.49. The maximum Gasteiger partial charge on any atom is 0.477 e. The minimum absolute atomic E-state index is 0.105. The van der Waals surface area contributed by atoms with Gasteiger partial charge in [0, 0.05) is 6.04 Å². The van der Waals surface area contributed by atoms with Gasteiger partial charge in [-0.05, 0) is 68.6 Å². The predicted octanol–water partition coefficient (Wildman–Crippen LogP) is 3.26. The summed E-state index contributed by atoms with van der Waals surface area (Å²) in [4.78, 5) is 0. The van der Waals surface area contributed by atoms with Crippen LogP contribution in [0.2, 0.25) is 0 Å². The van der Waals surface area contributed by atoms with Gasteiger partial charge in [0.1, 0.15) is 0 Å². The largest absolute Gasteiger partial charge is 0.477 e. The molecule has 2 aliphatic heterocycles. The van der Waals surface area contributed by atoms with Gasteiger partial charge in [-0.3, -0.25) is 0 Å². The zero-order valence-electron chi connectivity index (χ0n) is 12.9. The molecular formula is C15H25BClNO2. The van der Waals surface area contributed by atoms with E-state index in [1.165, 1.54) is 6.42 Å². The molecule has 3 unspecified atom stereocenters. The summed E-state index contributed by atoms with van der Waals surface area (Å²) in [6, 6.07) is 0.425. The summed E-state index contributed by atoms with van der Waals surface area (Å²) in [5.74, 6) is 1.66. The number of rotatable bonds is 1. The molecule has 112 valence electrons. The van der Waals surface area contributed by atoms with Gasteiger partial charge in [0.15, 0.2) is 0 Å². The average molecular weight is 298 g/mol. The summed E-state index contributed by atoms with van der Waals surface area (Å²) in [6.45, 7) is 9.25. The third-order valence-electron chi connectivity index (χ3n) is 6.90. The van der Waals surface area contributed by atoms with Crippen molar-refractivity contribution >= 4 is 18.9 Å². The minimum Gasteiger partial charge on any atom is -0.404 e. The highest BCUT2D eigenvalue weighted by Crippen LogP contribution is 2.66. The van der Waals surface area contributed by atoms with Crippen LogP contribution in [0.3, 0.4) is 0 Å². The molecule has 5 fully saturated rings. The van der Waals surface area contributed by atoms with Crippen molar-refractivity contribution in [2.45, 2.75) is 77.1 Å². The quantitative estimate of drug-likeness (QED) is 0.548. The van der Waals surface area contributed by atoms with Gasteiger partial charge < -0.3 is 9.31 Å². The lowest BCUT2D eigenvalue weighted by Gasteiger charge is -2.64. The van der Waals surface area contributed by atoms with Crippen molar-refractivity contribution in [2.75, 3.05) is 0 Å². The van der Waals surface area contributed by atoms with Crippen molar-refractivity contribution in [3.8, 4) is 0 Å². The molecule has 2 heterocycles. The van der Waals surface area contributed by atoms with Crippen LogP contribution in [0.1, 0.15) is 53.4 Å². The molecule has 0 aromatic heterocycles. The fourth-order valence-electron chi connectivity index (χ4n) is 5.30. The van der Waals surface area contributed by atoms with Crippen LogP contribution in [0.4, 0.5) is 0 Å². The second kappa shape index (κ2) is 4.15. The third-order valence-corrected chi connectivity index (χ3v) is 7.48. The topological polar surface area (TPSA) is 21.7 Å². The Hall–Kier alpha value is 0.235. The van der Waals surface area contributed by atoms with E-state index in [0.29, 0.717) is 17.4 Å². The van der Waals surface area contributed by atoms with Crippen LogP contribution < -0.4 is 0 Å². The second-order valence-electron chi connectivity index (χ2n) is 8.18. The summed E-state index contributed by atoms with van der Waals surface area (Å²) in [6.07, 6.45) is 4.94. The highest BCUT2D eigenvalue weighted by atomic mass is 35.5. The van der Waals surface area contributed by atoms with Crippen molar-refractivity contribution in [1.82, 2.24) is 4.42 Å². The second-order valence-corrected chi connectivity index (χ2v) is 8.57. The highest BCUT2D eigenvalue weighted by molar-refractivity contribution is 6.48. The molecule has 5 aliphatic rings. The smallest absolute Gasteiger partial charge is 0.404 e. The molecule has 0 N–H and O–H groups in total. The molecule has 2 saturated heterocycles. The molecule has 0 radical (unpaired) electrons. The van der Waals surface area contributed by atoms with Crippen LogP contribution in [0.15, 0.2) is 0 Å². The van der Waals surface area contributed by atoms with Gasteiger partial charge in [0.2, 0.25) is 0 Å². The fraction of sp³-hybridized carbons (Fsp3) is 1.00. The minimum atomic E-state index is -0.136. The van der Waals surface area contributed by atoms with E-state index in [2.05, 4.69) is 27.7 Å². The average Bonchev–Trinajstić information content (AvgIpc) is 2.89. The lowest BCUT2D eigenvalue weighted by atomic mass is 9.43. The van der Waals surface area contributed by atoms with Gasteiger partial charge in [0.05, 0.1) is 17.6 Å². The van der Waals surface area contributed by atoms with Crippen molar-refractivity contribution in [1.29, 1.82) is 0 Å². The standard InChI is InChI=1S/C15H25BClNO2/c1-9-5-6-13(18(9)17)16-19-12-8-10-7-11(14(10,2)3)15(12,4)20-16/h9-13H,5-8H2,1-4H3/t9?,10?,11-,12+,13?,15-/m0/s1. The van der Waals surface area contributed by atoms with E-state index in [9.17, 15) is 0 Å². The molecule has 5 heteroatoms. The maximum absolute atomic E-state index is 6.49. The van der Waals surface area contributed by atoms with Gasteiger partial charge in [-0.1, -0.05) is 13.8 Å². The number of hydrogen-bond acceptors (Lipinski definition) is 3. The molecule has 0 spiro atoms. The summed E-state index contributed by atoms with van der Waals surface area (Å²) >= 11 is 6.43. The Bertz CT molecular complexity index is 434. The first-order valence-electron chi connectivity index (χ1n) is 8.11. The number of hydrogen-bond donors (Lipinski definition) is 0. The van der Waals surface area contributed by atoms with Crippen LogP contribution in [-0.4, -0.2) is 35.2 Å². The molecule has 6 atom stereocenters. The molecule has 0 amide bonds. The van der Waals surface area contributed by atoms with E-state index < -0.39 is 0 Å². The first kappa shape index (κ1) is 13.9. The SMILES string of the molecule is CC1CCC(B2O[C@@H]3CC4C[C@@H](C4(C)C)[C@]3(C)O2)N1Cl. The lowest BCUT2D eigenvalue weighted by Crippen LogP contribution is -2.65. The Labute approximate surface area is 127 Å². The number of halogens is 1. The Morgan fingerprint density at radius 1 is 1.20 bits per heavy atom. The Kier molecular flexibility index (Phi) is 2.88. The molecule has 3 nitrogen and oxygen atoms in total. The van der Waals surface area contributed by atoms with Crippen LogP contribution in [0, 0.1) is 17.3 Å². The van der Waals surface area contributed by atoms with E-state index in [1.807, 2.05) is 4.42 Å². The number of nitrogens with zero attached hydrogens (tertiary/aromatic N) is 1. The molecule has 2 bridgehead atoms. The summed E-state index contributed by atoms with van der Waals surface area (Å²) in [5.41, 5.74) is 0.305. The first-order chi connectivity index (χ1) is 9.34. The zero-order chi connectivity index (χ0) is 14.3. The van der Waals surface area contributed by atoms with E-state index in [-0.39, 0.29) is 24.8 Å². The van der Waals surface area contributed by atoms with Gasteiger partial charge in [-0.25, -0.2) is 4.42 Å².